The molecule has 0 aromatic heterocycles. The van der Waals surface area contributed by atoms with Crippen molar-refractivity contribution in [3.63, 3.8) is 0 Å². The van der Waals surface area contributed by atoms with Gasteiger partial charge in [-0.25, -0.2) is 4.79 Å². The monoisotopic (exact) mass is 128 g/mol. The molecule has 52 valence electrons. The molecule has 1 rings (SSSR count). The van der Waals surface area contributed by atoms with E-state index in [2.05, 4.69) is 0 Å². The van der Waals surface area contributed by atoms with Crippen LogP contribution in [0.5, 0.6) is 0 Å². The second-order valence-corrected chi connectivity index (χ2v) is 3.67. The highest BCUT2D eigenvalue weighted by Gasteiger charge is 2.61. The van der Waals surface area contributed by atoms with E-state index in [1.54, 1.807) is 0 Å². The molecule has 2 heteroatoms. The summed E-state index contributed by atoms with van der Waals surface area (Å²) in [6.07, 6.45) is 0. The maximum Gasteiger partial charge on any atom is 0.352 e. The van der Waals surface area contributed by atoms with Crippen molar-refractivity contribution >= 4 is 5.97 Å². The van der Waals surface area contributed by atoms with Crippen LogP contribution in [0.25, 0.3) is 0 Å². The lowest BCUT2D eigenvalue weighted by molar-refractivity contribution is -0.117. The predicted octanol–water partition coefficient (Wildman–Crippen LogP) is 1.35. The van der Waals surface area contributed by atoms with Gasteiger partial charge in [0.2, 0.25) is 5.60 Å². The Kier molecular flexibility index (Phi) is 0.956. The van der Waals surface area contributed by atoms with Crippen molar-refractivity contribution in [1.29, 1.82) is 0 Å². The molecule has 1 heterocycles. The van der Waals surface area contributed by atoms with Crippen molar-refractivity contribution < 1.29 is 9.53 Å². The first-order chi connectivity index (χ1) is 3.88. The third-order valence-corrected chi connectivity index (χ3v) is 2.08. The summed E-state index contributed by atoms with van der Waals surface area (Å²) >= 11 is 0. The minimum atomic E-state index is -0.493. The maximum absolute atomic E-state index is 10.6. The Morgan fingerprint density at radius 2 is 1.78 bits per heavy atom. The highest BCUT2D eigenvalue weighted by molar-refractivity contribution is 5.93. The van der Waals surface area contributed by atoms with E-state index in [0.29, 0.717) is 0 Å². The van der Waals surface area contributed by atoms with Gasteiger partial charge >= 0.3 is 5.97 Å². The van der Waals surface area contributed by atoms with E-state index in [1.807, 2.05) is 27.7 Å². The van der Waals surface area contributed by atoms with Gasteiger partial charge < -0.3 is 4.74 Å². The van der Waals surface area contributed by atoms with Gasteiger partial charge in [-0.2, -0.15) is 0 Å². The number of epoxide rings is 1. The summed E-state index contributed by atoms with van der Waals surface area (Å²) in [6.45, 7) is 7.82. The molecule has 0 N–H and O–H groups in total. The lowest BCUT2D eigenvalue weighted by Gasteiger charge is -2.19. The maximum atomic E-state index is 10.6. The number of cyclic esters (lactones) is 1. The van der Waals surface area contributed by atoms with Crippen molar-refractivity contribution in [2.24, 2.45) is 5.41 Å². The van der Waals surface area contributed by atoms with Crippen LogP contribution in [-0.2, 0) is 9.53 Å². The second-order valence-electron chi connectivity index (χ2n) is 3.67. The SMILES string of the molecule is CC(C)(C)C1(C)OC1=O. The lowest BCUT2D eigenvalue weighted by Crippen LogP contribution is -2.27. The molecule has 0 bridgehead atoms. The first kappa shape index (κ1) is 6.59. The van der Waals surface area contributed by atoms with Crippen molar-refractivity contribution in [1.82, 2.24) is 0 Å². The van der Waals surface area contributed by atoms with Crippen LogP contribution in [0, 0.1) is 5.41 Å². The molecule has 0 aromatic carbocycles. The van der Waals surface area contributed by atoms with Crippen molar-refractivity contribution in [3.8, 4) is 0 Å². The topological polar surface area (TPSA) is 29.6 Å². The van der Waals surface area contributed by atoms with Gasteiger partial charge in [-0.3, -0.25) is 0 Å². The zero-order valence-corrected chi connectivity index (χ0v) is 6.32. The minimum absolute atomic E-state index is 0.0515. The molecule has 1 unspecified atom stereocenters. The molecule has 0 radical (unpaired) electrons. The first-order valence-electron chi connectivity index (χ1n) is 3.11. The third-order valence-electron chi connectivity index (χ3n) is 2.08. The van der Waals surface area contributed by atoms with Gasteiger partial charge in [-0.15, -0.1) is 0 Å². The zero-order valence-electron chi connectivity index (χ0n) is 6.32. The fraction of sp³-hybridized carbons (Fsp3) is 0.857. The number of hydrogen-bond donors (Lipinski definition) is 0. The van der Waals surface area contributed by atoms with Gasteiger partial charge in [0, 0.05) is 5.41 Å². The summed E-state index contributed by atoms with van der Waals surface area (Å²) in [4.78, 5) is 10.6. The van der Waals surface area contributed by atoms with Crippen LogP contribution in [0.4, 0.5) is 0 Å². The van der Waals surface area contributed by atoms with Crippen LogP contribution in [-0.4, -0.2) is 11.6 Å². The summed E-state index contributed by atoms with van der Waals surface area (Å²) in [5.74, 6) is -0.0741. The van der Waals surface area contributed by atoms with Gasteiger partial charge in [-0.05, 0) is 6.92 Å². The largest absolute Gasteiger partial charge is 0.444 e. The molecule has 1 aliphatic heterocycles. The van der Waals surface area contributed by atoms with E-state index < -0.39 is 5.60 Å². The molecule has 0 aromatic rings. The number of hydrogen-bond acceptors (Lipinski definition) is 2. The van der Waals surface area contributed by atoms with Gasteiger partial charge in [0.1, 0.15) is 0 Å². The molecule has 1 atom stereocenters. The summed E-state index contributed by atoms with van der Waals surface area (Å²) in [6, 6.07) is 0. The summed E-state index contributed by atoms with van der Waals surface area (Å²) < 4.78 is 4.83. The van der Waals surface area contributed by atoms with Crippen molar-refractivity contribution in [2.75, 3.05) is 0 Å². The summed E-state index contributed by atoms with van der Waals surface area (Å²) in [5, 5.41) is 0. The average Bonchev–Trinajstić information content (AvgIpc) is 2.13. The van der Waals surface area contributed by atoms with Crippen molar-refractivity contribution in [2.45, 2.75) is 33.3 Å². The molecule has 1 fully saturated rings. The summed E-state index contributed by atoms with van der Waals surface area (Å²) in [5.41, 5.74) is -0.545. The predicted molar refractivity (Wildman–Crippen MR) is 34.0 cm³/mol. The molecule has 0 aliphatic carbocycles. The number of carbonyl (C=O) groups excluding carboxylic acids is 1. The molecular formula is C7H12O2. The Bertz CT molecular complexity index is 155. The Morgan fingerprint density at radius 3 is 1.78 bits per heavy atom. The number of carbonyl (C=O) groups is 1. The van der Waals surface area contributed by atoms with E-state index in [-0.39, 0.29) is 11.4 Å². The molecule has 0 spiro atoms. The molecule has 2 nitrogen and oxygen atoms in total. The minimum Gasteiger partial charge on any atom is -0.444 e. The number of rotatable bonds is 0. The molecule has 1 saturated heterocycles. The molecule has 0 amide bonds. The van der Waals surface area contributed by atoms with Gasteiger partial charge in [0.05, 0.1) is 0 Å². The van der Waals surface area contributed by atoms with Crippen LogP contribution < -0.4 is 0 Å². The Balaban J connectivity index is 2.76. The first-order valence-corrected chi connectivity index (χ1v) is 3.11. The van der Waals surface area contributed by atoms with E-state index in [1.165, 1.54) is 0 Å². The van der Waals surface area contributed by atoms with E-state index in [9.17, 15) is 4.79 Å². The third kappa shape index (κ3) is 0.732. The van der Waals surface area contributed by atoms with E-state index >= 15 is 0 Å². The smallest absolute Gasteiger partial charge is 0.352 e. The normalized spacial score (nSPS) is 34.0. The fourth-order valence-electron chi connectivity index (χ4n) is 0.619. The highest BCUT2D eigenvalue weighted by atomic mass is 16.7. The Hall–Kier alpha value is -0.530. The van der Waals surface area contributed by atoms with E-state index in [4.69, 9.17) is 4.74 Å². The van der Waals surface area contributed by atoms with Crippen molar-refractivity contribution in [3.05, 3.63) is 0 Å². The lowest BCUT2D eigenvalue weighted by atomic mass is 9.82. The molecule has 0 saturated carbocycles. The Morgan fingerprint density at radius 1 is 1.44 bits per heavy atom. The summed E-state index contributed by atoms with van der Waals surface area (Å²) in [7, 11) is 0. The Labute approximate surface area is 55.2 Å². The van der Waals surface area contributed by atoms with E-state index in [0.717, 1.165) is 0 Å². The number of ether oxygens (including phenoxy) is 1. The van der Waals surface area contributed by atoms with Crippen LogP contribution in [0.3, 0.4) is 0 Å². The molecule has 1 aliphatic rings. The van der Waals surface area contributed by atoms with Gasteiger partial charge in [0.15, 0.2) is 0 Å². The fourth-order valence-corrected chi connectivity index (χ4v) is 0.619. The van der Waals surface area contributed by atoms with Crippen LogP contribution in [0.1, 0.15) is 27.7 Å². The second kappa shape index (κ2) is 1.31. The van der Waals surface area contributed by atoms with Crippen LogP contribution in [0.2, 0.25) is 0 Å². The average molecular weight is 128 g/mol. The van der Waals surface area contributed by atoms with Gasteiger partial charge in [-0.1, -0.05) is 20.8 Å². The molecular weight excluding hydrogens is 116 g/mol. The van der Waals surface area contributed by atoms with Crippen LogP contribution >= 0.6 is 0 Å². The standard InChI is InChI=1S/C7H12O2/c1-6(2,3)7(4)5(8)9-7/h1-4H3. The van der Waals surface area contributed by atoms with Crippen LogP contribution in [0.15, 0.2) is 0 Å². The quantitative estimate of drug-likeness (QED) is 0.461. The highest BCUT2D eigenvalue weighted by Crippen LogP contribution is 2.44. The van der Waals surface area contributed by atoms with Gasteiger partial charge in [0.25, 0.3) is 0 Å². The zero-order chi connectivity index (χ0) is 7.28. The molecule has 9 heavy (non-hydrogen) atoms.